The predicted octanol–water partition coefficient (Wildman–Crippen LogP) is 4.63. The van der Waals surface area contributed by atoms with Gasteiger partial charge in [-0.2, -0.15) is 0 Å². The normalized spacial score (nSPS) is 19.9. The van der Waals surface area contributed by atoms with Crippen molar-refractivity contribution in [1.82, 2.24) is 0 Å². The van der Waals surface area contributed by atoms with Crippen LogP contribution in [0, 0.1) is 0 Å². The first kappa shape index (κ1) is 13.2. The summed E-state index contributed by atoms with van der Waals surface area (Å²) >= 11 is 3.94. The Kier molecular flexibility index (Phi) is 3.18. The van der Waals surface area contributed by atoms with Gasteiger partial charge in [0.15, 0.2) is 11.5 Å². The fourth-order valence-electron chi connectivity index (χ4n) is 3.13. The molecule has 108 valence electrons. The zero-order valence-corrected chi connectivity index (χ0v) is 13.3. The van der Waals surface area contributed by atoms with Gasteiger partial charge < -0.3 is 9.47 Å². The summed E-state index contributed by atoms with van der Waals surface area (Å²) in [6.07, 6.45) is 2.45. The highest BCUT2D eigenvalue weighted by molar-refractivity contribution is 9.09. The molecule has 0 bridgehead atoms. The molecular weight excluding hydrogens is 328 g/mol. The maximum absolute atomic E-state index is 5.71. The van der Waals surface area contributed by atoms with Crippen LogP contribution in [0.4, 0.5) is 0 Å². The van der Waals surface area contributed by atoms with Crippen molar-refractivity contribution < 1.29 is 9.47 Å². The molecule has 21 heavy (non-hydrogen) atoms. The lowest BCUT2D eigenvalue weighted by molar-refractivity contribution is 0.171. The van der Waals surface area contributed by atoms with Gasteiger partial charge >= 0.3 is 0 Å². The van der Waals surface area contributed by atoms with Gasteiger partial charge in [0.1, 0.15) is 13.2 Å². The lowest BCUT2D eigenvalue weighted by Gasteiger charge is -2.25. The molecule has 3 heteroatoms. The zero-order chi connectivity index (χ0) is 14.3. The second-order valence-electron chi connectivity index (χ2n) is 5.79. The molecule has 1 heterocycles. The van der Waals surface area contributed by atoms with Crippen LogP contribution < -0.4 is 9.47 Å². The fourth-order valence-corrected chi connectivity index (χ4v) is 4.14. The van der Waals surface area contributed by atoms with E-state index in [2.05, 4.69) is 58.4 Å². The Morgan fingerprint density at radius 2 is 1.62 bits per heavy atom. The van der Waals surface area contributed by atoms with E-state index in [9.17, 15) is 0 Å². The monoisotopic (exact) mass is 344 g/mol. The average molecular weight is 345 g/mol. The third-order valence-corrected chi connectivity index (χ3v) is 5.89. The molecule has 0 N–H and O–H groups in total. The predicted molar refractivity (Wildman–Crippen MR) is 86.5 cm³/mol. The topological polar surface area (TPSA) is 18.5 Å². The summed E-state index contributed by atoms with van der Waals surface area (Å²) < 4.78 is 11.3. The summed E-state index contributed by atoms with van der Waals surface area (Å²) in [5.41, 5.74) is 2.91. The molecule has 0 amide bonds. The molecule has 1 saturated carbocycles. The minimum atomic E-state index is 0.227. The highest BCUT2D eigenvalue weighted by atomic mass is 79.9. The number of rotatable bonds is 3. The second-order valence-corrected chi connectivity index (χ2v) is 6.70. The molecule has 4 rings (SSSR count). The van der Waals surface area contributed by atoms with Crippen LogP contribution in [0.5, 0.6) is 11.5 Å². The van der Waals surface area contributed by atoms with Gasteiger partial charge in [0.2, 0.25) is 0 Å². The van der Waals surface area contributed by atoms with E-state index in [0.717, 1.165) is 11.5 Å². The minimum Gasteiger partial charge on any atom is -0.486 e. The summed E-state index contributed by atoms with van der Waals surface area (Å²) in [5, 5.41) is 0. The van der Waals surface area contributed by atoms with Crippen molar-refractivity contribution in [3.05, 3.63) is 59.7 Å². The van der Waals surface area contributed by atoms with E-state index in [4.69, 9.17) is 9.47 Å². The molecule has 2 aliphatic rings. The first-order chi connectivity index (χ1) is 10.3. The molecule has 2 nitrogen and oxygen atoms in total. The first-order valence-electron chi connectivity index (χ1n) is 7.39. The van der Waals surface area contributed by atoms with E-state index in [1.165, 1.54) is 24.0 Å². The average Bonchev–Trinajstić information content (AvgIpc) is 3.36. The zero-order valence-electron chi connectivity index (χ0n) is 11.7. The van der Waals surface area contributed by atoms with Gasteiger partial charge in [-0.05, 0) is 36.1 Å². The van der Waals surface area contributed by atoms with Crippen LogP contribution in [0.2, 0.25) is 0 Å². The largest absolute Gasteiger partial charge is 0.486 e. The van der Waals surface area contributed by atoms with Crippen LogP contribution in [-0.4, -0.2) is 13.2 Å². The van der Waals surface area contributed by atoms with E-state index in [0.29, 0.717) is 18.0 Å². The highest BCUT2D eigenvalue weighted by Crippen LogP contribution is 2.60. The number of hydrogen-bond donors (Lipinski definition) is 0. The second kappa shape index (κ2) is 5.06. The fraction of sp³-hybridized carbons (Fsp3) is 0.333. The Bertz CT molecular complexity index is 650. The molecule has 1 aliphatic carbocycles. The van der Waals surface area contributed by atoms with Crippen molar-refractivity contribution >= 4 is 15.9 Å². The van der Waals surface area contributed by atoms with E-state index in [1.54, 1.807) is 0 Å². The number of benzene rings is 2. The Hall–Kier alpha value is -1.48. The highest BCUT2D eigenvalue weighted by Gasteiger charge is 2.50. The third-order valence-electron chi connectivity index (χ3n) is 4.48. The Labute approximate surface area is 133 Å². The number of alkyl halides is 1. The van der Waals surface area contributed by atoms with Gasteiger partial charge in [0.05, 0.1) is 0 Å². The van der Waals surface area contributed by atoms with Gasteiger partial charge in [-0.25, -0.2) is 0 Å². The molecule has 2 aromatic carbocycles. The lowest BCUT2D eigenvalue weighted by Crippen LogP contribution is -2.17. The third kappa shape index (κ3) is 2.24. The van der Waals surface area contributed by atoms with Crippen molar-refractivity contribution in [3.63, 3.8) is 0 Å². The van der Waals surface area contributed by atoms with E-state index in [-0.39, 0.29) is 5.41 Å². The molecule has 2 aromatic rings. The van der Waals surface area contributed by atoms with Crippen molar-refractivity contribution in [2.24, 2.45) is 0 Å². The van der Waals surface area contributed by atoms with Crippen LogP contribution in [-0.2, 0) is 5.41 Å². The number of ether oxygens (including phenoxy) is 2. The van der Waals surface area contributed by atoms with E-state index < -0.39 is 0 Å². The molecule has 0 spiro atoms. The first-order valence-corrected chi connectivity index (χ1v) is 8.30. The van der Waals surface area contributed by atoms with Crippen LogP contribution in [0.1, 0.15) is 28.8 Å². The molecule has 0 aromatic heterocycles. The van der Waals surface area contributed by atoms with Crippen molar-refractivity contribution in [3.8, 4) is 11.5 Å². The van der Waals surface area contributed by atoms with Gasteiger partial charge in [0.25, 0.3) is 0 Å². The van der Waals surface area contributed by atoms with Crippen molar-refractivity contribution in [2.45, 2.75) is 23.1 Å². The van der Waals surface area contributed by atoms with E-state index in [1.807, 2.05) is 6.07 Å². The summed E-state index contributed by atoms with van der Waals surface area (Å²) in [4.78, 5) is 0.309. The summed E-state index contributed by atoms with van der Waals surface area (Å²) in [6.45, 7) is 1.27. The number of halogens is 1. The standard InChI is InChI=1S/C18H17BrO2/c19-17(18(8-9-18)14-4-2-1-3-5-14)13-6-7-15-16(12-13)21-11-10-20-15/h1-7,12,17H,8-11H2. The Balaban J connectivity index is 1.67. The smallest absolute Gasteiger partial charge is 0.161 e. The molecule has 0 radical (unpaired) electrons. The summed E-state index contributed by atoms with van der Waals surface area (Å²) in [7, 11) is 0. The minimum absolute atomic E-state index is 0.227. The summed E-state index contributed by atoms with van der Waals surface area (Å²) in [5.74, 6) is 1.72. The summed E-state index contributed by atoms with van der Waals surface area (Å²) in [6, 6.07) is 17.1. The molecule has 1 atom stereocenters. The van der Waals surface area contributed by atoms with E-state index >= 15 is 0 Å². The van der Waals surface area contributed by atoms with Crippen molar-refractivity contribution in [1.29, 1.82) is 0 Å². The molecule has 1 fully saturated rings. The van der Waals surface area contributed by atoms with Crippen LogP contribution >= 0.6 is 15.9 Å². The molecule has 1 unspecified atom stereocenters. The van der Waals surface area contributed by atoms with Gasteiger partial charge in [-0.3, -0.25) is 0 Å². The Morgan fingerprint density at radius 1 is 0.905 bits per heavy atom. The maximum Gasteiger partial charge on any atom is 0.161 e. The number of hydrogen-bond acceptors (Lipinski definition) is 2. The molecular formula is C18H17BrO2. The molecule has 1 aliphatic heterocycles. The SMILES string of the molecule is BrC(c1ccc2c(c1)OCCO2)C1(c2ccccc2)CC1. The maximum atomic E-state index is 5.71. The molecule has 0 saturated heterocycles. The van der Waals surface area contributed by atoms with Gasteiger partial charge in [-0.1, -0.05) is 52.3 Å². The van der Waals surface area contributed by atoms with Gasteiger partial charge in [0, 0.05) is 10.2 Å². The lowest BCUT2D eigenvalue weighted by atomic mass is 9.88. The van der Waals surface area contributed by atoms with Crippen LogP contribution in [0.25, 0.3) is 0 Å². The quantitative estimate of drug-likeness (QED) is 0.756. The van der Waals surface area contributed by atoms with Crippen LogP contribution in [0.3, 0.4) is 0 Å². The van der Waals surface area contributed by atoms with Gasteiger partial charge in [-0.15, -0.1) is 0 Å². The number of fused-ring (bicyclic) bond motifs is 1. The Morgan fingerprint density at radius 3 is 2.33 bits per heavy atom. The van der Waals surface area contributed by atoms with Crippen LogP contribution in [0.15, 0.2) is 48.5 Å². The van der Waals surface area contributed by atoms with Crippen molar-refractivity contribution in [2.75, 3.05) is 13.2 Å².